The highest BCUT2D eigenvalue weighted by Crippen LogP contribution is 2.14. The molecule has 0 bridgehead atoms. The maximum Gasteiger partial charge on any atom is 0.408 e. The van der Waals surface area contributed by atoms with Gasteiger partial charge in [0, 0.05) is 13.0 Å². The molecule has 1 atom stereocenters. The maximum atomic E-state index is 12.4. The van der Waals surface area contributed by atoms with E-state index < -0.39 is 12.1 Å². The quantitative estimate of drug-likeness (QED) is 0.668. The van der Waals surface area contributed by atoms with Crippen LogP contribution in [0.4, 0.5) is 4.79 Å². The maximum absolute atomic E-state index is 12.4. The molecule has 0 spiro atoms. The third-order valence-electron chi connectivity index (χ3n) is 3.82. The Bertz CT molecular complexity index is 762. The van der Waals surface area contributed by atoms with Crippen molar-refractivity contribution < 1.29 is 19.1 Å². The predicted molar refractivity (Wildman–Crippen MR) is 103 cm³/mol. The second-order valence-corrected chi connectivity index (χ2v) is 5.85. The van der Waals surface area contributed by atoms with Crippen LogP contribution in [0.3, 0.4) is 0 Å². The Hall–Kier alpha value is -3.28. The minimum atomic E-state index is -0.777. The molecular formula is C21H24N2O4. The van der Waals surface area contributed by atoms with Crippen LogP contribution in [0.2, 0.25) is 0 Å². The van der Waals surface area contributed by atoms with E-state index in [1.165, 1.54) is 0 Å². The van der Waals surface area contributed by atoms with Crippen LogP contribution in [0.25, 0.3) is 0 Å². The number of nitrogens with one attached hydrogen (secondary N) is 2. The average molecular weight is 368 g/mol. The molecule has 0 radical (unpaired) electrons. The van der Waals surface area contributed by atoms with E-state index >= 15 is 0 Å². The van der Waals surface area contributed by atoms with Crippen molar-refractivity contribution in [3.8, 4) is 5.75 Å². The number of benzene rings is 2. The summed E-state index contributed by atoms with van der Waals surface area (Å²) in [5.41, 5.74) is 1.73. The van der Waals surface area contributed by atoms with Crippen molar-refractivity contribution in [3.63, 3.8) is 0 Å². The molecule has 0 aliphatic rings. The van der Waals surface area contributed by atoms with Crippen LogP contribution in [0.15, 0.2) is 67.3 Å². The van der Waals surface area contributed by atoms with Gasteiger partial charge in [-0.2, -0.15) is 0 Å². The molecule has 2 amide bonds. The molecule has 142 valence electrons. The van der Waals surface area contributed by atoms with Gasteiger partial charge in [0.2, 0.25) is 5.91 Å². The van der Waals surface area contributed by atoms with Crippen LogP contribution in [0.1, 0.15) is 11.1 Å². The first-order chi connectivity index (χ1) is 13.1. The number of ether oxygens (including phenoxy) is 2. The number of amides is 2. The summed E-state index contributed by atoms with van der Waals surface area (Å²) in [7, 11) is 1.58. The highest BCUT2D eigenvalue weighted by Gasteiger charge is 2.21. The lowest BCUT2D eigenvalue weighted by molar-refractivity contribution is -0.122. The van der Waals surface area contributed by atoms with E-state index in [1.807, 2.05) is 54.6 Å². The number of carbonyl (C=O) groups is 2. The number of hydrogen-bond donors (Lipinski definition) is 2. The third-order valence-corrected chi connectivity index (χ3v) is 3.82. The standard InChI is InChI=1S/C21H24N2O4/c1-3-12-22-20(24)19(14-17-10-7-11-18(13-17)26-2)23-21(25)27-15-16-8-5-4-6-9-16/h3-11,13,19H,1,12,14-15H2,2H3,(H,22,24)(H,23,25)/t19-/m0/s1. The molecule has 6 nitrogen and oxygen atoms in total. The van der Waals surface area contributed by atoms with Gasteiger partial charge in [0.1, 0.15) is 18.4 Å². The van der Waals surface area contributed by atoms with Gasteiger partial charge in [0.15, 0.2) is 0 Å². The van der Waals surface area contributed by atoms with Crippen molar-refractivity contribution in [1.82, 2.24) is 10.6 Å². The topological polar surface area (TPSA) is 76.7 Å². The van der Waals surface area contributed by atoms with Gasteiger partial charge in [-0.15, -0.1) is 6.58 Å². The summed E-state index contributed by atoms with van der Waals surface area (Å²) in [5.74, 6) is 0.374. The Labute approximate surface area is 159 Å². The highest BCUT2D eigenvalue weighted by atomic mass is 16.5. The lowest BCUT2D eigenvalue weighted by Gasteiger charge is -2.18. The van der Waals surface area contributed by atoms with Crippen molar-refractivity contribution in [2.24, 2.45) is 0 Å². The molecule has 0 aromatic heterocycles. The van der Waals surface area contributed by atoms with Crippen molar-refractivity contribution in [1.29, 1.82) is 0 Å². The Morgan fingerprint density at radius 3 is 2.56 bits per heavy atom. The van der Waals surface area contributed by atoms with Crippen molar-refractivity contribution >= 4 is 12.0 Å². The normalized spacial score (nSPS) is 11.1. The molecule has 0 unspecified atom stereocenters. The van der Waals surface area contributed by atoms with Crippen LogP contribution in [0.5, 0.6) is 5.75 Å². The van der Waals surface area contributed by atoms with Crippen molar-refractivity contribution in [2.75, 3.05) is 13.7 Å². The van der Waals surface area contributed by atoms with Crippen LogP contribution >= 0.6 is 0 Å². The molecule has 6 heteroatoms. The summed E-state index contributed by atoms with van der Waals surface area (Å²) in [6.07, 6.45) is 1.23. The second-order valence-electron chi connectivity index (χ2n) is 5.85. The fourth-order valence-electron chi connectivity index (χ4n) is 2.45. The lowest BCUT2D eigenvalue weighted by atomic mass is 10.0. The molecule has 2 aromatic carbocycles. The first kappa shape index (κ1) is 20.0. The van der Waals surface area contributed by atoms with Crippen LogP contribution in [-0.4, -0.2) is 31.7 Å². The van der Waals surface area contributed by atoms with Gasteiger partial charge in [-0.25, -0.2) is 4.79 Å². The fourth-order valence-corrected chi connectivity index (χ4v) is 2.45. The zero-order valence-electron chi connectivity index (χ0n) is 15.3. The van der Waals surface area contributed by atoms with E-state index in [0.29, 0.717) is 18.7 Å². The number of methoxy groups -OCH3 is 1. The van der Waals surface area contributed by atoms with E-state index in [1.54, 1.807) is 13.2 Å². The first-order valence-corrected chi connectivity index (χ1v) is 8.61. The molecular weight excluding hydrogens is 344 g/mol. The minimum Gasteiger partial charge on any atom is -0.497 e. The Morgan fingerprint density at radius 2 is 1.85 bits per heavy atom. The van der Waals surface area contributed by atoms with E-state index in [2.05, 4.69) is 17.2 Å². The molecule has 0 aliphatic heterocycles. The molecule has 0 aliphatic carbocycles. The number of carbonyl (C=O) groups excluding carboxylic acids is 2. The van der Waals surface area contributed by atoms with Gasteiger partial charge in [-0.3, -0.25) is 4.79 Å². The van der Waals surface area contributed by atoms with Crippen LogP contribution in [0, 0.1) is 0 Å². The van der Waals surface area contributed by atoms with Gasteiger partial charge in [-0.1, -0.05) is 48.5 Å². The van der Waals surface area contributed by atoms with E-state index in [4.69, 9.17) is 9.47 Å². The lowest BCUT2D eigenvalue weighted by Crippen LogP contribution is -2.48. The average Bonchev–Trinajstić information content (AvgIpc) is 2.71. The largest absolute Gasteiger partial charge is 0.497 e. The predicted octanol–water partition coefficient (Wildman–Crippen LogP) is 2.83. The molecule has 2 rings (SSSR count). The molecule has 27 heavy (non-hydrogen) atoms. The first-order valence-electron chi connectivity index (χ1n) is 8.61. The zero-order chi connectivity index (χ0) is 19.5. The van der Waals surface area contributed by atoms with Crippen molar-refractivity contribution in [3.05, 3.63) is 78.4 Å². The van der Waals surface area contributed by atoms with Gasteiger partial charge >= 0.3 is 6.09 Å². The van der Waals surface area contributed by atoms with Gasteiger partial charge in [-0.05, 0) is 23.3 Å². The Balaban J connectivity index is 2.01. The van der Waals surface area contributed by atoms with Gasteiger partial charge in [0.05, 0.1) is 7.11 Å². The number of hydrogen-bond acceptors (Lipinski definition) is 4. The molecule has 0 saturated heterocycles. The fraction of sp³-hybridized carbons (Fsp3) is 0.238. The molecule has 0 heterocycles. The monoisotopic (exact) mass is 368 g/mol. The molecule has 2 N–H and O–H groups in total. The summed E-state index contributed by atoms with van der Waals surface area (Å²) in [6, 6.07) is 15.9. The zero-order valence-corrected chi connectivity index (χ0v) is 15.3. The molecule has 0 saturated carbocycles. The Kier molecular flexibility index (Phi) is 7.91. The van der Waals surface area contributed by atoms with E-state index in [0.717, 1.165) is 11.1 Å². The van der Waals surface area contributed by atoms with Crippen LogP contribution in [-0.2, 0) is 22.6 Å². The summed E-state index contributed by atoms with van der Waals surface area (Å²) < 4.78 is 10.4. The highest BCUT2D eigenvalue weighted by molar-refractivity contribution is 5.86. The van der Waals surface area contributed by atoms with E-state index in [-0.39, 0.29) is 12.5 Å². The molecule has 2 aromatic rings. The van der Waals surface area contributed by atoms with Crippen molar-refractivity contribution in [2.45, 2.75) is 19.1 Å². The second kappa shape index (κ2) is 10.7. The van der Waals surface area contributed by atoms with E-state index in [9.17, 15) is 9.59 Å². The summed E-state index contributed by atoms with van der Waals surface area (Å²) in [6.45, 7) is 4.02. The molecule has 0 fully saturated rings. The SMILES string of the molecule is C=CCNC(=O)[C@H](Cc1cccc(OC)c1)NC(=O)OCc1ccccc1. The number of rotatable bonds is 9. The Morgan fingerprint density at radius 1 is 1.11 bits per heavy atom. The summed E-state index contributed by atoms with van der Waals surface area (Å²) >= 11 is 0. The van der Waals surface area contributed by atoms with Gasteiger partial charge < -0.3 is 20.1 Å². The third kappa shape index (κ3) is 6.86. The minimum absolute atomic E-state index is 0.132. The van der Waals surface area contributed by atoms with Gasteiger partial charge in [0.25, 0.3) is 0 Å². The summed E-state index contributed by atoms with van der Waals surface area (Å²) in [5, 5.41) is 5.34. The number of alkyl carbamates (subject to hydrolysis) is 1. The van der Waals surface area contributed by atoms with Crippen LogP contribution < -0.4 is 15.4 Å². The summed E-state index contributed by atoms with van der Waals surface area (Å²) in [4.78, 5) is 24.6. The smallest absolute Gasteiger partial charge is 0.408 e.